The summed E-state index contributed by atoms with van der Waals surface area (Å²) in [6.07, 6.45) is 3.71. The van der Waals surface area contributed by atoms with Crippen molar-refractivity contribution in [1.82, 2.24) is 5.32 Å². The first-order valence-electron chi connectivity index (χ1n) is 7.42. The maximum atomic E-state index is 3.73. The highest BCUT2D eigenvalue weighted by atomic mass is 32.1. The maximum Gasteiger partial charge on any atom is 0.0346 e. The topological polar surface area (TPSA) is 12.0 Å². The quantitative estimate of drug-likeness (QED) is 0.715. The van der Waals surface area contributed by atoms with Gasteiger partial charge >= 0.3 is 0 Å². The van der Waals surface area contributed by atoms with E-state index in [1.165, 1.54) is 34.9 Å². The van der Waals surface area contributed by atoms with Crippen molar-refractivity contribution in [1.29, 1.82) is 0 Å². The molecular formula is C17H25NS. The second-order valence-corrected chi connectivity index (χ2v) is 6.58. The molecule has 0 aliphatic carbocycles. The minimum atomic E-state index is 0.512. The smallest absolute Gasteiger partial charge is 0.0346 e. The lowest BCUT2D eigenvalue weighted by atomic mass is 9.97. The molecule has 2 aromatic rings. The van der Waals surface area contributed by atoms with Gasteiger partial charge in [0.1, 0.15) is 0 Å². The summed E-state index contributed by atoms with van der Waals surface area (Å²) in [7, 11) is 0. The Morgan fingerprint density at radius 1 is 1.16 bits per heavy atom. The van der Waals surface area contributed by atoms with Crippen LogP contribution in [0.25, 0.3) is 10.1 Å². The third kappa shape index (κ3) is 3.80. The monoisotopic (exact) mass is 275 g/mol. The molecule has 1 unspecified atom stereocenters. The fraction of sp³-hybridized carbons (Fsp3) is 0.529. The second kappa shape index (κ2) is 7.06. The molecule has 19 heavy (non-hydrogen) atoms. The number of hydrogen-bond acceptors (Lipinski definition) is 2. The Morgan fingerprint density at radius 2 is 1.95 bits per heavy atom. The number of thiophene rings is 1. The van der Waals surface area contributed by atoms with Gasteiger partial charge in [-0.2, -0.15) is 0 Å². The number of nitrogens with one attached hydrogen (secondary N) is 1. The Balaban J connectivity index is 2.20. The summed E-state index contributed by atoms with van der Waals surface area (Å²) < 4.78 is 1.41. The van der Waals surface area contributed by atoms with Gasteiger partial charge in [-0.3, -0.25) is 0 Å². The highest BCUT2D eigenvalue weighted by molar-refractivity contribution is 7.17. The molecule has 0 amide bonds. The molecule has 0 spiro atoms. The lowest BCUT2D eigenvalue weighted by Crippen LogP contribution is -2.22. The molecule has 104 valence electrons. The van der Waals surface area contributed by atoms with Crippen LogP contribution in [0.1, 0.15) is 51.6 Å². The summed E-state index contributed by atoms with van der Waals surface area (Å²) in [5.74, 6) is 0.774. The van der Waals surface area contributed by atoms with Gasteiger partial charge in [-0.25, -0.2) is 0 Å². The first-order chi connectivity index (χ1) is 9.22. The Labute approximate surface area is 121 Å². The van der Waals surface area contributed by atoms with E-state index in [1.54, 1.807) is 0 Å². The van der Waals surface area contributed by atoms with Gasteiger partial charge in [0.15, 0.2) is 0 Å². The van der Waals surface area contributed by atoms with Crippen LogP contribution in [-0.4, -0.2) is 6.54 Å². The van der Waals surface area contributed by atoms with E-state index < -0.39 is 0 Å². The summed E-state index contributed by atoms with van der Waals surface area (Å²) in [6.45, 7) is 7.95. The SMILES string of the molecule is CCCNC(CCC(C)C)c1csc2ccccc12. The molecule has 2 rings (SSSR count). The van der Waals surface area contributed by atoms with Crippen LogP contribution in [0.3, 0.4) is 0 Å². The molecule has 0 aliphatic heterocycles. The lowest BCUT2D eigenvalue weighted by Gasteiger charge is -2.19. The minimum Gasteiger partial charge on any atom is -0.310 e. The molecule has 1 N–H and O–H groups in total. The predicted octanol–water partition coefficient (Wildman–Crippen LogP) is 5.38. The minimum absolute atomic E-state index is 0.512. The van der Waals surface area contributed by atoms with Crippen LogP contribution in [0.5, 0.6) is 0 Å². The molecule has 0 saturated heterocycles. The van der Waals surface area contributed by atoms with Gasteiger partial charge in [-0.15, -0.1) is 11.3 Å². The molecular weight excluding hydrogens is 250 g/mol. The van der Waals surface area contributed by atoms with Crippen LogP contribution in [0.15, 0.2) is 29.6 Å². The Kier molecular flexibility index (Phi) is 5.41. The largest absolute Gasteiger partial charge is 0.310 e. The van der Waals surface area contributed by atoms with E-state index in [2.05, 4.69) is 55.7 Å². The highest BCUT2D eigenvalue weighted by Crippen LogP contribution is 2.32. The zero-order valence-electron chi connectivity index (χ0n) is 12.3. The van der Waals surface area contributed by atoms with E-state index in [1.807, 2.05) is 11.3 Å². The van der Waals surface area contributed by atoms with Gasteiger partial charge in [0.25, 0.3) is 0 Å². The van der Waals surface area contributed by atoms with Gasteiger partial charge in [-0.05, 0) is 54.1 Å². The molecule has 2 heteroatoms. The van der Waals surface area contributed by atoms with Gasteiger partial charge < -0.3 is 5.32 Å². The number of benzene rings is 1. The molecule has 1 aromatic heterocycles. The van der Waals surface area contributed by atoms with E-state index in [0.717, 1.165) is 12.5 Å². The van der Waals surface area contributed by atoms with Crippen LogP contribution in [0, 0.1) is 5.92 Å². The summed E-state index contributed by atoms with van der Waals surface area (Å²) in [5.41, 5.74) is 1.50. The van der Waals surface area contributed by atoms with Crippen molar-refractivity contribution < 1.29 is 0 Å². The van der Waals surface area contributed by atoms with E-state index in [4.69, 9.17) is 0 Å². The van der Waals surface area contributed by atoms with Gasteiger partial charge in [-0.1, -0.05) is 39.0 Å². The predicted molar refractivity (Wildman–Crippen MR) is 86.9 cm³/mol. The highest BCUT2D eigenvalue weighted by Gasteiger charge is 2.15. The maximum absolute atomic E-state index is 3.73. The van der Waals surface area contributed by atoms with Crippen LogP contribution in [0.4, 0.5) is 0 Å². The summed E-state index contributed by atoms with van der Waals surface area (Å²) in [6, 6.07) is 9.28. The normalized spacial score (nSPS) is 13.3. The number of rotatable bonds is 7. The zero-order valence-corrected chi connectivity index (χ0v) is 13.1. The average molecular weight is 275 g/mol. The molecule has 1 aromatic carbocycles. The third-order valence-electron chi connectivity index (χ3n) is 3.56. The summed E-state index contributed by atoms with van der Waals surface area (Å²) in [5, 5.41) is 7.51. The molecule has 0 bridgehead atoms. The van der Waals surface area contributed by atoms with E-state index in [9.17, 15) is 0 Å². The van der Waals surface area contributed by atoms with Gasteiger partial charge in [0.05, 0.1) is 0 Å². The first-order valence-corrected chi connectivity index (χ1v) is 8.29. The van der Waals surface area contributed by atoms with E-state index in [-0.39, 0.29) is 0 Å². The lowest BCUT2D eigenvalue weighted by molar-refractivity contribution is 0.443. The summed E-state index contributed by atoms with van der Waals surface area (Å²) >= 11 is 1.87. The van der Waals surface area contributed by atoms with Crippen molar-refractivity contribution in [2.75, 3.05) is 6.54 Å². The van der Waals surface area contributed by atoms with Crippen LogP contribution >= 0.6 is 11.3 Å². The van der Waals surface area contributed by atoms with Crippen molar-refractivity contribution in [3.8, 4) is 0 Å². The summed E-state index contributed by atoms with van der Waals surface area (Å²) in [4.78, 5) is 0. The zero-order chi connectivity index (χ0) is 13.7. The molecule has 1 nitrogen and oxygen atoms in total. The van der Waals surface area contributed by atoms with E-state index >= 15 is 0 Å². The van der Waals surface area contributed by atoms with Crippen molar-refractivity contribution in [2.45, 2.75) is 46.1 Å². The van der Waals surface area contributed by atoms with Crippen LogP contribution < -0.4 is 5.32 Å². The number of fused-ring (bicyclic) bond motifs is 1. The van der Waals surface area contributed by atoms with Crippen LogP contribution in [-0.2, 0) is 0 Å². The van der Waals surface area contributed by atoms with Crippen LogP contribution in [0.2, 0.25) is 0 Å². The Morgan fingerprint density at radius 3 is 2.68 bits per heavy atom. The standard InChI is InChI=1S/C17H25NS/c1-4-11-18-16(10-9-13(2)3)15-12-19-17-8-6-5-7-14(15)17/h5-8,12-13,16,18H,4,9-11H2,1-3H3. The Bertz CT molecular complexity index is 501. The third-order valence-corrected chi connectivity index (χ3v) is 4.54. The van der Waals surface area contributed by atoms with Gasteiger partial charge in [0.2, 0.25) is 0 Å². The Hall–Kier alpha value is -0.860. The first kappa shape index (κ1) is 14.5. The average Bonchev–Trinajstić information content (AvgIpc) is 2.83. The molecule has 1 heterocycles. The van der Waals surface area contributed by atoms with Gasteiger partial charge in [0, 0.05) is 10.7 Å². The fourth-order valence-corrected chi connectivity index (χ4v) is 3.47. The van der Waals surface area contributed by atoms with Crippen molar-refractivity contribution >= 4 is 21.4 Å². The molecule has 0 fully saturated rings. The second-order valence-electron chi connectivity index (χ2n) is 5.67. The number of hydrogen-bond donors (Lipinski definition) is 1. The van der Waals surface area contributed by atoms with Crippen molar-refractivity contribution in [3.63, 3.8) is 0 Å². The molecule has 0 radical (unpaired) electrons. The molecule has 1 atom stereocenters. The fourth-order valence-electron chi connectivity index (χ4n) is 2.45. The molecule has 0 aliphatic rings. The molecule has 0 saturated carbocycles. The van der Waals surface area contributed by atoms with Crippen molar-refractivity contribution in [3.05, 3.63) is 35.2 Å². The van der Waals surface area contributed by atoms with E-state index in [0.29, 0.717) is 6.04 Å². The van der Waals surface area contributed by atoms with Crippen molar-refractivity contribution in [2.24, 2.45) is 5.92 Å².